The van der Waals surface area contributed by atoms with E-state index in [1.165, 1.54) is 11.3 Å². The molecule has 0 aliphatic heterocycles. The molecule has 0 unspecified atom stereocenters. The summed E-state index contributed by atoms with van der Waals surface area (Å²) in [6, 6.07) is 10.0. The van der Waals surface area contributed by atoms with Crippen molar-refractivity contribution in [2.24, 2.45) is 0 Å². The Morgan fingerprint density at radius 2 is 1.96 bits per heavy atom. The lowest BCUT2D eigenvalue weighted by Gasteiger charge is -2.04. The van der Waals surface area contributed by atoms with Gasteiger partial charge in [0.05, 0.1) is 6.61 Å². The third-order valence-corrected chi connectivity index (χ3v) is 4.98. The van der Waals surface area contributed by atoms with Crippen LogP contribution >= 0.6 is 22.7 Å². The fourth-order valence-corrected chi connectivity index (χ4v) is 3.70. The number of ether oxygens (including phenoxy) is 1. The van der Waals surface area contributed by atoms with Crippen LogP contribution in [0.5, 0.6) is 5.75 Å². The highest BCUT2D eigenvalue weighted by molar-refractivity contribution is 7.19. The Morgan fingerprint density at radius 3 is 2.70 bits per heavy atom. The minimum absolute atomic E-state index is 0.736. The lowest BCUT2D eigenvalue weighted by molar-refractivity contribution is 0.317. The zero-order valence-electron chi connectivity index (χ0n) is 12.5. The second-order valence-electron chi connectivity index (χ2n) is 5.01. The Hall–Kier alpha value is -2.25. The summed E-state index contributed by atoms with van der Waals surface area (Å²) in [6.07, 6.45) is 1.00. The molecule has 3 aromatic heterocycles. The molecule has 0 spiro atoms. The molecule has 0 atom stereocenters. The molecule has 1 aromatic carbocycles. The van der Waals surface area contributed by atoms with E-state index < -0.39 is 0 Å². The summed E-state index contributed by atoms with van der Waals surface area (Å²) in [6.45, 7) is 2.83. The molecule has 0 N–H and O–H groups in total. The largest absolute Gasteiger partial charge is 0.494 e. The van der Waals surface area contributed by atoms with Gasteiger partial charge in [0.1, 0.15) is 10.8 Å². The first-order valence-corrected chi connectivity index (χ1v) is 9.09. The lowest BCUT2D eigenvalue weighted by atomic mass is 10.2. The molecule has 0 aliphatic rings. The monoisotopic (exact) mass is 342 g/mol. The molecule has 0 aliphatic carbocycles. The van der Waals surface area contributed by atoms with Gasteiger partial charge < -0.3 is 4.74 Å². The van der Waals surface area contributed by atoms with E-state index in [2.05, 4.69) is 27.6 Å². The molecule has 0 saturated heterocycles. The number of benzene rings is 1. The fraction of sp³-hybridized carbons (Fsp3) is 0.188. The van der Waals surface area contributed by atoms with E-state index in [1.807, 2.05) is 40.2 Å². The fourth-order valence-electron chi connectivity index (χ4n) is 2.22. The number of hydrogen-bond donors (Lipinski definition) is 0. The molecule has 23 heavy (non-hydrogen) atoms. The summed E-state index contributed by atoms with van der Waals surface area (Å²) in [7, 11) is 0. The van der Waals surface area contributed by atoms with Gasteiger partial charge in [-0.2, -0.15) is 21.0 Å². The van der Waals surface area contributed by atoms with Crippen molar-refractivity contribution in [1.82, 2.24) is 19.8 Å². The molecule has 5 nitrogen and oxygen atoms in total. The maximum absolute atomic E-state index is 5.61. The molecule has 0 radical (unpaired) electrons. The Labute approximate surface area is 141 Å². The van der Waals surface area contributed by atoms with Crippen molar-refractivity contribution >= 4 is 27.6 Å². The van der Waals surface area contributed by atoms with Crippen molar-refractivity contribution in [3.05, 3.63) is 41.1 Å². The SMILES string of the molecule is CCCOc1ccc(-c2nn3c(-c4ccsc4)nnc3s2)cc1. The normalized spacial score (nSPS) is 11.2. The second-order valence-corrected chi connectivity index (χ2v) is 6.75. The van der Waals surface area contributed by atoms with Crippen LogP contribution in [0.4, 0.5) is 0 Å². The Kier molecular flexibility index (Phi) is 3.80. The number of hydrogen-bond acceptors (Lipinski definition) is 6. The lowest BCUT2D eigenvalue weighted by Crippen LogP contribution is -1.94. The number of rotatable bonds is 5. The molecule has 7 heteroatoms. The summed E-state index contributed by atoms with van der Waals surface area (Å²) in [5.41, 5.74) is 2.10. The van der Waals surface area contributed by atoms with E-state index in [9.17, 15) is 0 Å². The maximum Gasteiger partial charge on any atom is 0.235 e. The summed E-state index contributed by atoms with van der Waals surface area (Å²) < 4.78 is 7.42. The molecule has 3 heterocycles. The van der Waals surface area contributed by atoms with Crippen LogP contribution in [0.2, 0.25) is 0 Å². The van der Waals surface area contributed by atoms with Gasteiger partial charge >= 0.3 is 0 Å². The summed E-state index contributed by atoms with van der Waals surface area (Å²) in [5, 5.41) is 18.1. The van der Waals surface area contributed by atoms with E-state index in [-0.39, 0.29) is 0 Å². The van der Waals surface area contributed by atoms with Gasteiger partial charge in [-0.1, -0.05) is 18.3 Å². The summed E-state index contributed by atoms with van der Waals surface area (Å²) in [4.78, 5) is 0.799. The molecule has 0 saturated carbocycles. The third kappa shape index (κ3) is 2.73. The predicted octanol–water partition coefficient (Wildman–Crippen LogP) is 4.37. The molecule has 0 fully saturated rings. The highest BCUT2D eigenvalue weighted by atomic mass is 32.1. The quantitative estimate of drug-likeness (QED) is 0.540. The maximum atomic E-state index is 5.61. The van der Waals surface area contributed by atoms with Crippen molar-refractivity contribution < 1.29 is 4.74 Å². The first-order valence-electron chi connectivity index (χ1n) is 7.33. The van der Waals surface area contributed by atoms with Crippen LogP contribution in [-0.4, -0.2) is 26.4 Å². The minimum atomic E-state index is 0.736. The van der Waals surface area contributed by atoms with Gasteiger partial charge in [0, 0.05) is 16.5 Å². The van der Waals surface area contributed by atoms with Crippen LogP contribution in [0, 0.1) is 0 Å². The van der Waals surface area contributed by atoms with Gasteiger partial charge in [-0.25, -0.2) is 0 Å². The van der Waals surface area contributed by atoms with Gasteiger partial charge in [0.2, 0.25) is 4.96 Å². The average Bonchev–Trinajstić information content (AvgIpc) is 3.29. The number of thiophene rings is 1. The number of nitrogens with zero attached hydrogens (tertiary/aromatic N) is 4. The van der Waals surface area contributed by atoms with Gasteiger partial charge in [-0.3, -0.25) is 0 Å². The van der Waals surface area contributed by atoms with E-state index in [0.29, 0.717) is 0 Å². The molecule has 4 aromatic rings. The Balaban J connectivity index is 1.67. The Morgan fingerprint density at radius 1 is 1.09 bits per heavy atom. The van der Waals surface area contributed by atoms with Gasteiger partial charge in [0.15, 0.2) is 5.82 Å². The molecular weight excluding hydrogens is 328 g/mol. The topological polar surface area (TPSA) is 52.3 Å². The highest BCUT2D eigenvalue weighted by Gasteiger charge is 2.14. The van der Waals surface area contributed by atoms with Crippen LogP contribution in [0.1, 0.15) is 13.3 Å². The van der Waals surface area contributed by atoms with Crippen LogP contribution in [0.25, 0.3) is 26.9 Å². The average molecular weight is 342 g/mol. The van der Waals surface area contributed by atoms with Crippen LogP contribution in [-0.2, 0) is 0 Å². The van der Waals surface area contributed by atoms with Crippen LogP contribution in [0.15, 0.2) is 41.1 Å². The molecule has 4 rings (SSSR count). The van der Waals surface area contributed by atoms with Crippen LogP contribution < -0.4 is 4.74 Å². The zero-order chi connectivity index (χ0) is 15.6. The minimum Gasteiger partial charge on any atom is -0.494 e. The van der Waals surface area contributed by atoms with Gasteiger partial charge in [0.25, 0.3) is 0 Å². The van der Waals surface area contributed by atoms with Gasteiger partial charge in [-0.05, 0) is 42.1 Å². The van der Waals surface area contributed by atoms with Crippen molar-refractivity contribution in [2.75, 3.05) is 6.61 Å². The zero-order valence-corrected chi connectivity index (χ0v) is 14.1. The van der Waals surface area contributed by atoms with E-state index in [1.54, 1.807) is 11.3 Å². The number of fused-ring (bicyclic) bond motifs is 1. The van der Waals surface area contributed by atoms with E-state index >= 15 is 0 Å². The van der Waals surface area contributed by atoms with Crippen molar-refractivity contribution in [2.45, 2.75) is 13.3 Å². The molecular formula is C16H14N4OS2. The second kappa shape index (κ2) is 6.10. The van der Waals surface area contributed by atoms with Crippen molar-refractivity contribution in [3.8, 4) is 27.7 Å². The smallest absolute Gasteiger partial charge is 0.235 e. The first-order chi connectivity index (χ1) is 11.3. The van der Waals surface area contributed by atoms with Crippen molar-refractivity contribution in [3.63, 3.8) is 0 Å². The van der Waals surface area contributed by atoms with Crippen LogP contribution in [0.3, 0.4) is 0 Å². The highest BCUT2D eigenvalue weighted by Crippen LogP contribution is 2.29. The van der Waals surface area contributed by atoms with E-state index in [4.69, 9.17) is 4.74 Å². The van der Waals surface area contributed by atoms with E-state index in [0.717, 1.165) is 45.7 Å². The standard InChI is InChI=1S/C16H14N4OS2/c1-2-8-21-13-5-3-11(4-6-13)15-19-20-14(12-7-9-22-10-12)17-18-16(20)23-15/h3-7,9-10H,2,8H2,1H3. The summed E-state index contributed by atoms with van der Waals surface area (Å²) in [5.74, 6) is 1.67. The molecule has 0 amide bonds. The third-order valence-electron chi connectivity index (χ3n) is 3.34. The first kappa shape index (κ1) is 14.3. The molecule has 0 bridgehead atoms. The van der Waals surface area contributed by atoms with Crippen molar-refractivity contribution in [1.29, 1.82) is 0 Å². The number of aromatic nitrogens is 4. The summed E-state index contributed by atoms with van der Waals surface area (Å²) >= 11 is 3.17. The molecule has 116 valence electrons. The Bertz CT molecular complexity index is 910. The van der Waals surface area contributed by atoms with Gasteiger partial charge in [-0.15, -0.1) is 10.2 Å². The predicted molar refractivity (Wildman–Crippen MR) is 93.2 cm³/mol.